The summed E-state index contributed by atoms with van der Waals surface area (Å²) in [4.78, 5) is 27.5. The van der Waals surface area contributed by atoms with Crippen LogP contribution in [0.3, 0.4) is 0 Å². The van der Waals surface area contributed by atoms with E-state index in [1.54, 1.807) is 0 Å². The lowest BCUT2D eigenvalue weighted by atomic mass is 10.7. The molecule has 6 nitrogen and oxygen atoms in total. The predicted molar refractivity (Wildman–Crippen MR) is 36.8 cm³/mol. The Labute approximate surface area is 66.9 Å². The van der Waals surface area contributed by atoms with Crippen LogP contribution in [-0.2, 0) is 14.4 Å². The lowest BCUT2D eigenvalue weighted by Crippen LogP contribution is -2.09. The average molecular weight is 182 g/mol. The third kappa shape index (κ3) is 17.7. The van der Waals surface area contributed by atoms with Crippen molar-refractivity contribution in [2.75, 3.05) is 5.75 Å². The van der Waals surface area contributed by atoms with E-state index >= 15 is 0 Å². The van der Waals surface area contributed by atoms with Gasteiger partial charge in [-0.3, -0.25) is 4.79 Å². The molecule has 0 heterocycles. The Kier molecular flexibility index (Phi) is 7.77. The minimum atomic E-state index is -1.82. The van der Waals surface area contributed by atoms with Gasteiger partial charge in [0.15, 0.2) is 0 Å². The molecule has 0 unspecified atom stereocenters. The predicted octanol–water partition coefficient (Wildman–Crippen LogP) is -0.844. The number of hydrogen-bond donors (Lipinski definition) is 4. The Balaban J connectivity index is 0. The molecule has 0 aliphatic rings. The Hall–Kier alpha value is -1.24. The molecule has 0 atom stereocenters. The summed E-state index contributed by atoms with van der Waals surface area (Å²) in [5.41, 5.74) is 0. The van der Waals surface area contributed by atoms with Gasteiger partial charge in [-0.25, -0.2) is 9.59 Å². The first-order valence-corrected chi connectivity index (χ1v) is 2.84. The molecule has 0 radical (unpaired) electrons. The number of rotatable bonds is 1. The number of thiol groups is 1. The summed E-state index contributed by atoms with van der Waals surface area (Å²) >= 11 is 3.42. The summed E-state index contributed by atoms with van der Waals surface area (Å²) in [6.45, 7) is 0. The highest BCUT2D eigenvalue weighted by atomic mass is 32.1. The largest absolute Gasteiger partial charge is 0.481 e. The number of carbonyl (C=O) groups is 3. The molecule has 0 aromatic rings. The fourth-order valence-corrected chi connectivity index (χ4v) is 0. The van der Waals surface area contributed by atoms with Crippen LogP contribution >= 0.6 is 12.6 Å². The van der Waals surface area contributed by atoms with Crippen LogP contribution in [0.4, 0.5) is 0 Å². The molecule has 11 heavy (non-hydrogen) atoms. The van der Waals surface area contributed by atoms with Gasteiger partial charge in [-0.05, 0) is 0 Å². The first kappa shape index (κ1) is 12.4. The molecule has 3 N–H and O–H groups in total. The summed E-state index contributed by atoms with van der Waals surface area (Å²) in [5, 5.41) is 22.4. The molecular formula is C4H6O6S. The van der Waals surface area contributed by atoms with Crippen molar-refractivity contribution < 1.29 is 29.7 Å². The van der Waals surface area contributed by atoms with Gasteiger partial charge in [0.25, 0.3) is 0 Å². The second kappa shape index (κ2) is 6.87. The first-order chi connectivity index (χ1) is 4.91. The third-order valence-corrected chi connectivity index (χ3v) is 0.589. The quantitative estimate of drug-likeness (QED) is 0.310. The van der Waals surface area contributed by atoms with E-state index < -0.39 is 17.9 Å². The molecule has 64 valence electrons. The standard InChI is InChI=1S/C2H2O4.C2H4O2S/c3-1(4)2(5)6;3-2(4)1-5/h(H,3,4)(H,5,6);5H,1H2,(H,3,4). The van der Waals surface area contributed by atoms with Crippen LogP contribution in [0.15, 0.2) is 0 Å². The lowest BCUT2D eigenvalue weighted by Gasteiger charge is -1.72. The highest BCUT2D eigenvalue weighted by Crippen LogP contribution is 1.66. The van der Waals surface area contributed by atoms with Crippen LogP contribution in [0.5, 0.6) is 0 Å². The van der Waals surface area contributed by atoms with Gasteiger partial charge in [-0.2, -0.15) is 12.6 Å². The summed E-state index contributed by atoms with van der Waals surface area (Å²) in [7, 11) is 0. The summed E-state index contributed by atoms with van der Waals surface area (Å²) in [6, 6.07) is 0. The van der Waals surface area contributed by atoms with Gasteiger partial charge < -0.3 is 15.3 Å². The van der Waals surface area contributed by atoms with E-state index in [9.17, 15) is 4.79 Å². The zero-order chi connectivity index (χ0) is 9.44. The molecule has 0 bridgehead atoms. The van der Waals surface area contributed by atoms with Gasteiger partial charge in [0, 0.05) is 0 Å². The molecule has 0 aromatic heterocycles. The molecular weight excluding hydrogens is 176 g/mol. The molecule has 0 saturated heterocycles. The van der Waals surface area contributed by atoms with Crippen molar-refractivity contribution in [3.63, 3.8) is 0 Å². The normalized spacial score (nSPS) is 7.36. The van der Waals surface area contributed by atoms with Gasteiger partial charge in [0.2, 0.25) is 0 Å². The maximum Gasteiger partial charge on any atom is 0.414 e. The van der Waals surface area contributed by atoms with Crippen molar-refractivity contribution in [1.82, 2.24) is 0 Å². The molecule has 0 spiro atoms. The number of carboxylic acid groups (broad SMARTS) is 3. The Morgan fingerprint density at radius 1 is 1.00 bits per heavy atom. The van der Waals surface area contributed by atoms with Crippen LogP contribution in [-0.4, -0.2) is 39.0 Å². The van der Waals surface area contributed by atoms with E-state index in [1.165, 1.54) is 0 Å². The lowest BCUT2D eigenvalue weighted by molar-refractivity contribution is -0.159. The first-order valence-electron chi connectivity index (χ1n) is 2.20. The molecule has 0 fully saturated rings. The molecule has 0 aromatic carbocycles. The molecule has 0 saturated carbocycles. The zero-order valence-electron chi connectivity index (χ0n) is 5.22. The second-order valence-electron chi connectivity index (χ2n) is 1.16. The maximum absolute atomic E-state index is 9.29. The SMILES string of the molecule is O=C(O)C(=O)O.O=C(O)CS. The summed E-state index contributed by atoms with van der Waals surface area (Å²) in [5.74, 6) is -4.61. The minimum absolute atomic E-state index is 0.0833. The smallest absolute Gasteiger partial charge is 0.414 e. The van der Waals surface area contributed by atoms with Crippen LogP contribution < -0.4 is 0 Å². The molecule has 7 heteroatoms. The second-order valence-corrected chi connectivity index (χ2v) is 1.48. The molecule has 0 aliphatic heterocycles. The fraction of sp³-hybridized carbons (Fsp3) is 0.250. The highest BCUT2D eigenvalue weighted by molar-refractivity contribution is 7.81. The van der Waals surface area contributed by atoms with Gasteiger partial charge in [-0.15, -0.1) is 0 Å². The monoisotopic (exact) mass is 182 g/mol. The van der Waals surface area contributed by atoms with Crippen molar-refractivity contribution in [3.8, 4) is 0 Å². The zero-order valence-corrected chi connectivity index (χ0v) is 6.12. The van der Waals surface area contributed by atoms with Crippen molar-refractivity contribution in [1.29, 1.82) is 0 Å². The molecule has 0 aliphatic carbocycles. The van der Waals surface area contributed by atoms with E-state index in [0.29, 0.717) is 0 Å². The van der Waals surface area contributed by atoms with E-state index in [4.69, 9.17) is 24.9 Å². The summed E-state index contributed by atoms with van der Waals surface area (Å²) < 4.78 is 0. The molecule has 0 rings (SSSR count). The van der Waals surface area contributed by atoms with Crippen LogP contribution in [0.2, 0.25) is 0 Å². The Morgan fingerprint density at radius 3 is 1.18 bits per heavy atom. The van der Waals surface area contributed by atoms with Crippen LogP contribution in [0, 0.1) is 0 Å². The Morgan fingerprint density at radius 2 is 1.18 bits per heavy atom. The van der Waals surface area contributed by atoms with E-state index in [1.807, 2.05) is 0 Å². The van der Waals surface area contributed by atoms with E-state index in [2.05, 4.69) is 12.6 Å². The number of aliphatic carboxylic acids is 3. The van der Waals surface area contributed by atoms with Crippen molar-refractivity contribution in [2.45, 2.75) is 0 Å². The average Bonchev–Trinajstić information content (AvgIpc) is 1.89. The Bertz CT molecular complexity index is 152. The van der Waals surface area contributed by atoms with Gasteiger partial charge in [-0.1, -0.05) is 0 Å². The molecule has 0 amide bonds. The fourth-order valence-electron chi connectivity index (χ4n) is 0. The topological polar surface area (TPSA) is 112 Å². The van der Waals surface area contributed by atoms with Crippen LogP contribution in [0.25, 0.3) is 0 Å². The minimum Gasteiger partial charge on any atom is -0.481 e. The number of carboxylic acids is 3. The van der Waals surface area contributed by atoms with Crippen molar-refractivity contribution >= 4 is 30.5 Å². The third-order valence-electron chi connectivity index (χ3n) is 0.318. The van der Waals surface area contributed by atoms with Crippen molar-refractivity contribution in [2.24, 2.45) is 0 Å². The van der Waals surface area contributed by atoms with Crippen LogP contribution in [0.1, 0.15) is 0 Å². The summed E-state index contributed by atoms with van der Waals surface area (Å²) in [6.07, 6.45) is 0. The van der Waals surface area contributed by atoms with Gasteiger partial charge in [0.1, 0.15) is 0 Å². The van der Waals surface area contributed by atoms with Gasteiger partial charge in [0.05, 0.1) is 5.75 Å². The maximum atomic E-state index is 9.29. The van der Waals surface area contributed by atoms with E-state index in [0.717, 1.165) is 0 Å². The number of hydrogen-bond acceptors (Lipinski definition) is 4. The van der Waals surface area contributed by atoms with Gasteiger partial charge >= 0.3 is 17.9 Å². The van der Waals surface area contributed by atoms with E-state index in [-0.39, 0.29) is 5.75 Å². The highest BCUT2D eigenvalue weighted by Gasteiger charge is 2.04. The van der Waals surface area contributed by atoms with Crippen molar-refractivity contribution in [3.05, 3.63) is 0 Å².